The van der Waals surface area contributed by atoms with Gasteiger partial charge in [0.1, 0.15) is 0 Å². The van der Waals surface area contributed by atoms with Crippen molar-refractivity contribution in [3.05, 3.63) is 35.2 Å². The number of aromatic nitrogens is 2. The van der Waals surface area contributed by atoms with Gasteiger partial charge in [-0.2, -0.15) is 4.98 Å². The molecule has 1 N–H and O–H groups in total. The van der Waals surface area contributed by atoms with Gasteiger partial charge in [0, 0.05) is 49.9 Å². The van der Waals surface area contributed by atoms with E-state index in [1.54, 1.807) is 19.2 Å². The molecule has 1 fully saturated rings. The minimum atomic E-state index is 0.0196. The van der Waals surface area contributed by atoms with Crippen LogP contribution in [0.4, 0.5) is 0 Å². The molecule has 0 aliphatic carbocycles. The zero-order chi connectivity index (χ0) is 19.9. The van der Waals surface area contributed by atoms with Crippen molar-refractivity contribution in [1.82, 2.24) is 25.3 Å². The van der Waals surface area contributed by atoms with Gasteiger partial charge in [-0.1, -0.05) is 16.8 Å². The van der Waals surface area contributed by atoms with E-state index in [9.17, 15) is 4.79 Å². The number of nitrogens with zero attached hydrogens (tertiary/aromatic N) is 4. The molecule has 8 nitrogen and oxygen atoms in total. The normalized spacial score (nSPS) is 16.8. The van der Waals surface area contributed by atoms with Crippen molar-refractivity contribution in [2.45, 2.75) is 19.5 Å². The monoisotopic (exact) mass is 407 g/mol. The van der Waals surface area contributed by atoms with Crippen LogP contribution in [0.2, 0.25) is 5.02 Å². The van der Waals surface area contributed by atoms with Crippen LogP contribution >= 0.6 is 11.6 Å². The van der Waals surface area contributed by atoms with E-state index < -0.39 is 0 Å². The largest absolute Gasteiger partial charge is 0.383 e. The van der Waals surface area contributed by atoms with Crippen molar-refractivity contribution >= 4 is 17.5 Å². The number of hydrogen-bond donors (Lipinski definition) is 1. The third kappa shape index (κ3) is 6.00. The topological polar surface area (TPSA) is 83.7 Å². The predicted molar refractivity (Wildman–Crippen MR) is 106 cm³/mol. The summed E-state index contributed by atoms with van der Waals surface area (Å²) in [6.07, 6.45) is 0. The zero-order valence-corrected chi connectivity index (χ0v) is 17.0. The molecule has 1 aliphatic heterocycles. The van der Waals surface area contributed by atoms with Crippen molar-refractivity contribution in [2.24, 2.45) is 0 Å². The van der Waals surface area contributed by atoms with Crippen LogP contribution in [0.25, 0.3) is 11.4 Å². The number of amides is 1. The van der Waals surface area contributed by atoms with Crippen LogP contribution in [0, 0.1) is 0 Å². The number of methoxy groups -OCH3 is 1. The third-order valence-electron chi connectivity index (χ3n) is 4.59. The van der Waals surface area contributed by atoms with E-state index in [2.05, 4.69) is 25.3 Å². The lowest BCUT2D eigenvalue weighted by Gasteiger charge is -2.33. The molecule has 28 heavy (non-hydrogen) atoms. The van der Waals surface area contributed by atoms with Gasteiger partial charge in [0.2, 0.25) is 17.6 Å². The summed E-state index contributed by atoms with van der Waals surface area (Å²) in [5.41, 5.74) is 0.873. The summed E-state index contributed by atoms with van der Waals surface area (Å²) in [4.78, 5) is 20.9. The Hall–Kier alpha value is -2.00. The summed E-state index contributed by atoms with van der Waals surface area (Å²) in [5.74, 6) is 1.18. The summed E-state index contributed by atoms with van der Waals surface area (Å²) in [5, 5.41) is 7.66. The van der Waals surface area contributed by atoms with Gasteiger partial charge in [0.05, 0.1) is 19.7 Å². The molecule has 1 aromatic carbocycles. The number of carbonyl (C=O) groups is 1. The highest BCUT2D eigenvalue weighted by Gasteiger charge is 2.21. The summed E-state index contributed by atoms with van der Waals surface area (Å²) in [6.45, 7) is 6.80. The molecule has 9 heteroatoms. The Bertz CT molecular complexity index is 759. The second-order valence-corrected chi connectivity index (χ2v) is 7.43. The highest BCUT2D eigenvalue weighted by molar-refractivity contribution is 6.30. The Morgan fingerprint density at radius 3 is 2.61 bits per heavy atom. The first kappa shape index (κ1) is 20.7. The van der Waals surface area contributed by atoms with Gasteiger partial charge >= 0.3 is 0 Å². The highest BCUT2D eigenvalue weighted by Crippen LogP contribution is 2.19. The summed E-state index contributed by atoms with van der Waals surface area (Å²) < 4.78 is 10.4. The van der Waals surface area contributed by atoms with Crippen molar-refractivity contribution in [3.8, 4) is 11.4 Å². The fraction of sp³-hybridized carbons (Fsp3) is 0.526. The molecule has 2 aromatic rings. The van der Waals surface area contributed by atoms with Gasteiger partial charge in [0.15, 0.2) is 0 Å². The smallest absolute Gasteiger partial charge is 0.241 e. The predicted octanol–water partition coefficient (Wildman–Crippen LogP) is 1.66. The average molecular weight is 408 g/mol. The molecule has 1 saturated heterocycles. The molecule has 0 bridgehead atoms. The minimum Gasteiger partial charge on any atom is -0.383 e. The molecular weight excluding hydrogens is 382 g/mol. The quantitative estimate of drug-likeness (QED) is 0.712. The van der Waals surface area contributed by atoms with Crippen LogP contribution in [-0.2, 0) is 16.1 Å². The van der Waals surface area contributed by atoms with Gasteiger partial charge in [-0.15, -0.1) is 0 Å². The summed E-state index contributed by atoms with van der Waals surface area (Å²) in [7, 11) is 1.63. The Labute approximate surface area is 169 Å². The number of carbonyl (C=O) groups excluding carboxylic acids is 1. The van der Waals surface area contributed by atoms with Crippen molar-refractivity contribution < 1.29 is 14.1 Å². The summed E-state index contributed by atoms with van der Waals surface area (Å²) in [6, 6.07) is 7.37. The second-order valence-electron chi connectivity index (χ2n) is 6.99. The van der Waals surface area contributed by atoms with Gasteiger partial charge in [-0.05, 0) is 31.2 Å². The lowest BCUT2D eigenvalue weighted by atomic mass is 10.2. The van der Waals surface area contributed by atoms with Crippen LogP contribution in [0.1, 0.15) is 12.8 Å². The van der Waals surface area contributed by atoms with Crippen LogP contribution in [0.15, 0.2) is 28.8 Å². The van der Waals surface area contributed by atoms with E-state index >= 15 is 0 Å². The Morgan fingerprint density at radius 1 is 1.25 bits per heavy atom. The number of halogens is 1. The molecular formula is C19H26ClN5O3. The van der Waals surface area contributed by atoms with Gasteiger partial charge in [-0.25, -0.2) is 0 Å². The first-order valence-electron chi connectivity index (χ1n) is 9.35. The molecule has 3 rings (SSSR count). The maximum Gasteiger partial charge on any atom is 0.241 e. The number of ether oxygens (including phenoxy) is 1. The van der Waals surface area contributed by atoms with Crippen LogP contribution < -0.4 is 5.32 Å². The lowest BCUT2D eigenvalue weighted by molar-refractivity contribution is -0.123. The molecule has 1 aromatic heterocycles. The molecule has 0 saturated carbocycles. The van der Waals surface area contributed by atoms with E-state index in [1.807, 2.05) is 19.1 Å². The maximum absolute atomic E-state index is 12.1. The van der Waals surface area contributed by atoms with E-state index in [4.69, 9.17) is 20.9 Å². The number of rotatable bonds is 8. The van der Waals surface area contributed by atoms with Crippen molar-refractivity contribution in [1.29, 1.82) is 0 Å². The number of piperazine rings is 1. The minimum absolute atomic E-state index is 0.0196. The van der Waals surface area contributed by atoms with Crippen LogP contribution in [0.3, 0.4) is 0 Å². The second kappa shape index (κ2) is 9.97. The number of nitrogens with one attached hydrogen (secondary N) is 1. The van der Waals surface area contributed by atoms with Gasteiger partial charge in [-0.3, -0.25) is 14.6 Å². The van der Waals surface area contributed by atoms with E-state index in [1.165, 1.54) is 0 Å². The standard InChI is InChI=1S/C19H26ClN5O3/c1-14(13-27-2)21-17(26)11-24-7-9-25(10-8-24)12-18-22-19(23-28-18)15-3-5-16(20)6-4-15/h3-6,14H,7-13H2,1-2H3,(H,21,26). The molecule has 1 unspecified atom stereocenters. The third-order valence-corrected chi connectivity index (χ3v) is 4.84. The zero-order valence-electron chi connectivity index (χ0n) is 16.2. The van der Waals surface area contributed by atoms with E-state index in [0.717, 1.165) is 31.7 Å². The average Bonchev–Trinajstić information content (AvgIpc) is 3.12. The Balaban J connectivity index is 1.43. The SMILES string of the molecule is COCC(C)NC(=O)CN1CCN(Cc2nc(-c3ccc(Cl)cc3)no2)CC1. The van der Waals surface area contributed by atoms with E-state index in [0.29, 0.717) is 36.4 Å². The molecule has 1 amide bonds. The molecule has 152 valence electrons. The molecule has 1 atom stereocenters. The first-order valence-corrected chi connectivity index (χ1v) is 9.73. The molecule has 2 heterocycles. The fourth-order valence-electron chi connectivity index (χ4n) is 3.15. The highest BCUT2D eigenvalue weighted by atomic mass is 35.5. The van der Waals surface area contributed by atoms with Crippen LogP contribution in [-0.4, -0.2) is 78.3 Å². The Morgan fingerprint density at radius 2 is 1.93 bits per heavy atom. The maximum atomic E-state index is 12.1. The number of hydrogen-bond acceptors (Lipinski definition) is 7. The molecule has 0 spiro atoms. The van der Waals surface area contributed by atoms with Crippen LogP contribution in [0.5, 0.6) is 0 Å². The van der Waals surface area contributed by atoms with Crippen molar-refractivity contribution in [2.75, 3.05) is 46.4 Å². The number of benzene rings is 1. The summed E-state index contributed by atoms with van der Waals surface area (Å²) >= 11 is 5.91. The first-order chi connectivity index (χ1) is 13.5. The lowest BCUT2D eigenvalue weighted by Crippen LogP contribution is -2.50. The Kier molecular flexibility index (Phi) is 7.38. The van der Waals surface area contributed by atoms with E-state index in [-0.39, 0.29) is 11.9 Å². The van der Waals surface area contributed by atoms with Gasteiger partial charge in [0.25, 0.3) is 0 Å². The van der Waals surface area contributed by atoms with Gasteiger partial charge < -0.3 is 14.6 Å². The molecule has 0 radical (unpaired) electrons. The molecule has 1 aliphatic rings. The van der Waals surface area contributed by atoms with Crippen molar-refractivity contribution in [3.63, 3.8) is 0 Å². The fourth-order valence-corrected chi connectivity index (χ4v) is 3.27.